The molecule has 0 unspecified atom stereocenters. The minimum atomic E-state index is -0.823. The summed E-state index contributed by atoms with van der Waals surface area (Å²) < 4.78 is 0. The fourth-order valence-corrected chi connectivity index (χ4v) is 1.79. The van der Waals surface area contributed by atoms with E-state index in [9.17, 15) is 9.59 Å². The van der Waals surface area contributed by atoms with E-state index >= 15 is 0 Å². The van der Waals surface area contributed by atoms with Gasteiger partial charge in [-0.05, 0) is 30.5 Å². The van der Waals surface area contributed by atoms with Crippen LogP contribution in [0.3, 0.4) is 0 Å². The lowest BCUT2D eigenvalue weighted by Gasteiger charge is -2.07. The van der Waals surface area contributed by atoms with Gasteiger partial charge in [0.15, 0.2) is 5.96 Å². The first kappa shape index (κ1) is 16.5. The standard InChI is InChI=1S/C14H20N4O3/c15-14(16)18-11-5-3-4-10(8-11)9-12(19)17-7-2-1-6-13(20)21/h3-5,8H,1-2,6-7,9H2,(H,17,19)(H,20,21)(H4,15,16,18). The molecule has 7 nitrogen and oxygen atoms in total. The number of hydrogen-bond donors (Lipinski definition) is 5. The van der Waals surface area contributed by atoms with Crippen molar-refractivity contribution in [3.63, 3.8) is 0 Å². The molecule has 0 saturated heterocycles. The van der Waals surface area contributed by atoms with E-state index in [1.54, 1.807) is 18.2 Å². The Labute approximate surface area is 123 Å². The van der Waals surface area contributed by atoms with Crippen molar-refractivity contribution in [2.45, 2.75) is 25.7 Å². The molecule has 7 heteroatoms. The molecule has 0 aromatic heterocycles. The molecule has 0 heterocycles. The molecule has 0 spiro atoms. The van der Waals surface area contributed by atoms with Gasteiger partial charge in [0.25, 0.3) is 0 Å². The first-order valence-electron chi connectivity index (χ1n) is 6.66. The number of hydrogen-bond acceptors (Lipinski definition) is 3. The number of anilines is 1. The third-order valence-electron chi connectivity index (χ3n) is 2.71. The highest BCUT2D eigenvalue weighted by Gasteiger charge is 2.04. The summed E-state index contributed by atoms with van der Waals surface area (Å²) in [5, 5.41) is 21.0. The van der Waals surface area contributed by atoms with E-state index in [1.807, 2.05) is 6.07 Å². The Hall–Kier alpha value is -2.57. The van der Waals surface area contributed by atoms with Crippen LogP contribution in [-0.2, 0) is 16.0 Å². The number of amides is 1. The van der Waals surface area contributed by atoms with Gasteiger partial charge < -0.3 is 21.5 Å². The Morgan fingerprint density at radius 1 is 1.29 bits per heavy atom. The van der Waals surface area contributed by atoms with Crippen LogP contribution in [0.2, 0.25) is 0 Å². The van der Waals surface area contributed by atoms with E-state index < -0.39 is 5.97 Å². The van der Waals surface area contributed by atoms with Gasteiger partial charge in [0.05, 0.1) is 6.42 Å². The molecule has 0 fully saturated rings. The highest BCUT2D eigenvalue weighted by molar-refractivity contribution is 5.90. The fourth-order valence-electron chi connectivity index (χ4n) is 1.79. The molecule has 1 aromatic carbocycles. The Balaban J connectivity index is 2.34. The molecule has 1 aromatic rings. The minimum Gasteiger partial charge on any atom is -0.481 e. The zero-order chi connectivity index (χ0) is 15.7. The van der Waals surface area contributed by atoms with Gasteiger partial charge in [-0.1, -0.05) is 12.1 Å². The first-order valence-corrected chi connectivity index (χ1v) is 6.66. The summed E-state index contributed by atoms with van der Waals surface area (Å²) >= 11 is 0. The summed E-state index contributed by atoms with van der Waals surface area (Å²) in [4.78, 5) is 22.1. The SMILES string of the molecule is N=C(N)Nc1cccc(CC(=O)NCCCCC(=O)O)c1. The van der Waals surface area contributed by atoms with Crippen molar-refractivity contribution in [3.05, 3.63) is 29.8 Å². The lowest BCUT2D eigenvalue weighted by atomic mass is 10.1. The van der Waals surface area contributed by atoms with Gasteiger partial charge in [0, 0.05) is 18.7 Å². The van der Waals surface area contributed by atoms with Crippen LogP contribution >= 0.6 is 0 Å². The number of carboxylic acids is 1. The van der Waals surface area contributed by atoms with Crippen LogP contribution in [-0.4, -0.2) is 29.5 Å². The Morgan fingerprint density at radius 3 is 2.71 bits per heavy atom. The number of carbonyl (C=O) groups excluding carboxylic acids is 1. The van der Waals surface area contributed by atoms with Crippen LogP contribution in [0.1, 0.15) is 24.8 Å². The second-order valence-corrected chi connectivity index (χ2v) is 4.62. The van der Waals surface area contributed by atoms with Crippen LogP contribution in [0.15, 0.2) is 24.3 Å². The van der Waals surface area contributed by atoms with Crippen molar-refractivity contribution >= 4 is 23.5 Å². The predicted octanol–water partition coefficient (Wildman–Crippen LogP) is 0.906. The average molecular weight is 292 g/mol. The number of rotatable bonds is 8. The molecule has 0 saturated carbocycles. The molecule has 0 aliphatic carbocycles. The lowest BCUT2D eigenvalue weighted by Crippen LogP contribution is -2.26. The lowest BCUT2D eigenvalue weighted by molar-refractivity contribution is -0.137. The average Bonchev–Trinajstić information content (AvgIpc) is 2.37. The van der Waals surface area contributed by atoms with Crippen molar-refractivity contribution < 1.29 is 14.7 Å². The molecule has 0 bridgehead atoms. The minimum absolute atomic E-state index is 0.120. The van der Waals surface area contributed by atoms with Crippen LogP contribution in [0, 0.1) is 5.41 Å². The number of unbranched alkanes of at least 4 members (excludes halogenated alkanes) is 1. The molecule has 21 heavy (non-hydrogen) atoms. The number of nitrogens with one attached hydrogen (secondary N) is 3. The molecular formula is C14H20N4O3. The third kappa shape index (κ3) is 7.56. The normalized spacial score (nSPS) is 9.90. The molecule has 0 aliphatic rings. The molecule has 0 atom stereocenters. The maximum absolute atomic E-state index is 11.7. The van der Waals surface area contributed by atoms with Gasteiger partial charge >= 0.3 is 5.97 Å². The smallest absolute Gasteiger partial charge is 0.303 e. The van der Waals surface area contributed by atoms with E-state index in [0.717, 1.165) is 5.56 Å². The van der Waals surface area contributed by atoms with E-state index in [2.05, 4.69) is 10.6 Å². The third-order valence-corrected chi connectivity index (χ3v) is 2.71. The number of carbonyl (C=O) groups is 2. The number of benzene rings is 1. The Morgan fingerprint density at radius 2 is 2.05 bits per heavy atom. The quantitative estimate of drug-likeness (QED) is 0.276. The van der Waals surface area contributed by atoms with Crippen LogP contribution < -0.4 is 16.4 Å². The maximum atomic E-state index is 11.7. The number of carboxylic acid groups (broad SMARTS) is 1. The van der Waals surface area contributed by atoms with Gasteiger partial charge in [0.2, 0.25) is 5.91 Å². The van der Waals surface area contributed by atoms with E-state index in [-0.39, 0.29) is 24.7 Å². The zero-order valence-electron chi connectivity index (χ0n) is 11.7. The van der Waals surface area contributed by atoms with Gasteiger partial charge in [-0.15, -0.1) is 0 Å². The molecule has 0 aliphatic heterocycles. The summed E-state index contributed by atoms with van der Waals surface area (Å²) in [5.41, 5.74) is 6.71. The highest BCUT2D eigenvalue weighted by atomic mass is 16.4. The summed E-state index contributed by atoms with van der Waals surface area (Å²) in [6, 6.07) is 7.11. The second-order valence-electron chi connectivity index (χ2n) is 4.62. The van der Waals surface area contributed by atoms with Gasteiger partial charge in [-0.3, -0.25) is 15.0 Å². The first-order chi connectivity index (χ1) is 9.97. The second kappa shape index (κ2) is 8.57. The Bertz CT molecular complexity index is 517. The number of nitrogens with two attached hydrogens (primary N) is 1. The van der Waals surface area contributed by atoms with Gasteiger partial charge in [0.1, 0.15) is 0 Å². The zero-order valence-corrected chi connectivity index (χ0v) is 11.7. The fraction of sp³-hybridized carbons (Fsp3) is 0.357. The van der Waals surface area contributed by atoms with Crippen molar-refractivity contribution in [2.24, 2.45) is 5.73 Å². The monoisotopic (exact) mass is 292 g/mol. The van der Waals surface area contributed by atoms with Crippen molar-refractivity contribution in [1.82, 2.24) is 5.32 Å². The van der Waals surface area contributed by atoms with Crippen molar-refractivity contribution in [3.8, 4) is 0 Å². The van der Waals surface area contributed by atoms with Crippen molar-refractivity contribution in [2.75, 3.05) is 11.9 Å². The summed E-state index contributed by atoms with van der Waals surface area (Å²) in [6.07, 6.45) is 1.54. The molecule has 1 rings (SSSR count). The van der Waals surface area contributed by atoms with Gasteiger partial charge in [-0.25, -0.2) is 0 Å². The summed E-state index contributed by atoms with van der Waals surface area (Å²) in [5.74, 6) is -1.10. The topological polar surface area (TPSA) is 128 Å². The molecule has 114 valence electrons. The summed E-state index contributed by atoms with van der Waals surface area (Å²) in [7, 11) is 0. The van der Waals surface area contributed by atoms with E-state index in [1.165, 1.54) is 0 Å². The Kier molecular flexibility index (Phi) is 6.73. The van der Waals surface area contributed by atoms with Crippen LogP contribution in [0.4, 0.5) is 5.69 Å². The van der Waals surface area contributed by atoms with Crippen LogP contribution in [0.25, 0.3) is 0 Å². The highest BCUT2D eigenvalue weighted by Crippen LogP contribution is 2.10. The molecule has 1 amide bonds. The molecule has 6 N–H and O–H groups in total. The predicted molar refractivity (Wildman–Crippen MR) is 80.2 cm³/mol. The van der Waals surface area contributed by atoms with E-state index in [4.69, 9.17) is 16.2 Å². The van der Waals surface area contributed by atoms with Crippen LogP contribution in [0.5, 0.6) is 0 Å². The number of aliphatic carboxylic acids is 1. The molecule has 0 radical (unpaired) electrons. The van der Waals surface area contributed by atoms with Gasteiger partial charge in [-0.2, -0.15) is 0 Å². The summed E-state index contributed by atoms with van der Waals surface area (Å²) in [6.45, 7) is 0.470. The van der Waals surface area contributed by atoms with Crippen molar-refractivity contribution in [1.29, 1.82) is 5.41 Å². The maximum Gasteiger partial charge on any atom is 0.303 e. The molecular weight excluding hydrogens is 272 g/mol. The van der Waals surface area contributed by atoms with E-state index in [0.29, 0.717) is 25.1 Å². The largest absolute Gasteiger partial charge is 0.481 e. The number of guanidine groups is 1.